The maximum Gasteiger partial charge on any atom is 0.130 e. The molecule has 0 amide bonds. The Balaban J connectivity index is 2.18. The molecule has 0 heterocycles. The van der Waals surface area contributed by atoms with Crippen molar-refractivity contribution in [3.8, 4) is 11.5 Å². The molecule has 0 aromatic heterocycles. The molecule has 0 aliphatic heterocycles. The summed E-state index contributed by atoms with van der Waals surface area (Å²) in [4.78, 5) is 0.581. The topological polar surface area (TPSA) is 9.23 Å². The van der Waals surface area contributed by atoms with Gasteiger partial charge in [0, 0.05) is 4.90 Å². The van der Waals surface area contributed by atoms with Crippen LogP contribution in [-0.2, 0) is 0 Å². The minimum Gasteiger partial charge on any atom is -0.457 e. The zero-order valence-electron chi connectivity index (χ0n) is 8.81. The van der Waals surface area contributed by atoms with Crippen molar-refractivity contribution in [2.24, 2.45) is 0 Å². The van der Waals surface area contributed by atoms with Crippen LogP contribution in [0.15, 0.2) is 53.4 Å². The van der Waals surface area contributed by atoms with Gasteiger partial charge in [-0.1, -0.05) is 18.2 Å². The Morgan fingerprint density at radius 1 is 1.00 bits per heavy atom. The third kappa shape index (κ3) is 2.55. The highest BCUT2D eigenvalue weighted by Gasteiger charge is 2.00. The van der Waals surface area contributed by atoms with Crippen LogP contribution in [0.25, 0.3) is 0 Å². The molecule has 2 rings (SSSR count). The Labute approximate surface area is 98.6 Å². The molecule has 0 atom stereocenters. The van der Waals surface area contributed by atoms with Gasteiger partial charge in [-0.15, -0.1) is 0 Å². The van der Waals surface area contributed by atoms with Crippen molar-refractivity contribution in [3.05, 3.63) is 54.1 Å². The second-order valence-electron chi connectivity index (χ2n) is 3.42. The molecule has 1 nitrogen and oxygen atoms in total. The summed E-state index contributed by atoms with van der Waals surface area (Å²) in [5, 5.41) is 0. The maximum atomic E-state index is 12.2. The molecule has 16 heavy (non-hydrogen) atoms. The Kier molecular flexibility index (Phi) is 3.47. The molecule has 0 saturated heterocycles. The second kappa shape index (κ2) is 5.03. The normalized spacial score (nSPS) is 10.1. The molecule has 0 fully saturated rings. The van der Waals surface area contributed by atoms with Gasteiger partial charge in [-0.05, 0) is 42.8 Å². The van der Waals surface area contributed by atoms with Crippen molar-refractivity contribution >= 4 is 12.1 Å². The van der Waals surface area contributed by atoms with Gasteiger partial charge in [0.15, 0.2) is 0 Å². The number of ether oxygens (including phenoxy) is 1. The maximum absolute atomic E-state index is 12.2. The smallest absolute Gasteiger partial charge is 0.130 e. The number of aryl methyl sites for hydroxylation is 1. The van der Waals surface area contributed by atoms with Crippen molar-refractivity contribution in [1.29, 1.82) is 0 Å². The molecular weight excluding hydrogens is 223 g/mol. The minimum atomic E-state index is 0.231. The molecule has 0 N–H and O–H groups in total. The Morgan fingerprint density at radius 2 is 1.69 bits per heavy atom. The third-order valence-electron chi connectivity index (χ3n) is 2.23. The highest BCUT2D eigenvalue weighted by Crippen LogP contribution is 2.27. The van der Waals surface area contributed by atoms with Crippen LogP contribution in [0.1, 0.15) is 5.56 Å². The molecule has 0 unspecified atom stereocenters. The van der Waals surface area contributed by atoms with Gasteiger partial charge >= 0.3 is 0 Å². The van der Waals surface area contributed by atoms with E-state index in [1.807, 2.05) is 31.2 Å². The fourth-order valence-electron chi connectivity index (χ4n) is 1.36. The summed E-state index contributed by atoms with van der Waals surface area (Å²) in [6.45, 7) is 1.99. The Hall–Kier alpha value is -1.48. The number of hydrogen-bond acceptors (Lipinski definition) is 2. The number of hydrogen-bond donors (Lipinski definition) is 0. The monoisotopic (exact) mass is 234 g/mol. The van der Waals surface area contributed by atoms with Crippen molar-refractivity contribution in [2.75, 3.05) is 0 Å². The predicted molar refractivity (Wildman–Crippen MR) is 64.7 cm³/mol. The summed E-state index contributed by atoms with van der Waals surface area (Å²) in [6, 6.07) is 14.7. The summed E-state index contributed by atoms with van der Waals surface area (Å²) >= 11 is 0.231. The van der Waals surface area contributed by atoms with Crippen molar-refractivity contribution < 1.29 is 8.62 Å². The van der Waals surface area contributed by atoms with E-state index in [1.54, 1.807) is 24.3 Å². The first-order chi connectivity index (χ1) is 7.79. The number of benzene rings is 2. The summed E-state index contributed by atoms with van der Waals surface area (Å²) in [5.74, 6) is 1.54. The van der Waals surface area contributed by atoms with E-state index in [0.29, 0.717) is 10.6 Å². The average Bonchev–Trinajstić information content (AvgIpc) is 2.33. The van der Waals surface area contributed by atoms with Gasteiger partial charge in [-0.2, -0.15) is 3.89 Å². The summed E-state index contributed by atoms with van der Waals surface area (Å²) < 4.78 is 17.9. The molecule has 0 bridgehead atoms. The molecular formula is C13H11FOS. The molecule has 0 aliphatic carbocycles. The van der Waals surface area contributed by atoms with Gasteiger partial charge in [0.1, 0.15) is 11.5 Å². The van der Waals surface area contributed by atoms with Crippen molar-refractivity contribution in [3.63, 3.8) is 0 Å². The van der Waals surface area contributed by atoms with E-state index in [-0.39, 0.29) is 12.1 Å². The van der Waals surface area contributed by atoms with Gasteiger partial charge in [0.05, 0.1) is 12.1 Å². The highest BCUT2D eigenvalue weighted by molar-refractivity contribution is 7.94. The highest BCUT2D eigenvalue weighted by atomic mass is 32.2. The molecule has 82 valence electrons. The quantitative estimate of drug-likeness (QED) is 0.757. The third-order valence-corrected chi connectivity index (χ3v) is 2.68. The van der Waals surface area contributed by atoms with Crippen LogP contribution in [-0.4, -0.2) is 0 Å². The van der Waals surface area contributed by atoms with Crippen molar-refractivity contribution in [1.82, 2.24) is 0 Å². The van der Waals surface area contributed by atoms with E-state index in [0.717, 1.165) is 11.3 Å². The lowest BCUT2D eigenvalue weighted by atomic mass is 10.2. The molecule has 0 radical (unpaired) electrons. The van der Waals surface area contributed by atoms with E-state index in [1.165, 1.54) is 0 Å². The lowest BCUT2D eigenvalue weighted by Gasteiger charge is -2.08. The van der Waals surface area contributed by atoms with Crippen LogP contribution in [0.5, 0.6) is 11.5 Å². The molecule has 0 spiro atoms. The first kappa shape index (κ1) is 11.0. The van der Waals surface area contributed by atoms with E-state index in [4.69, 9.17) is 4.74 Å². The van der Waals surface area contributed by atoms with E-state index < -0.39 is 0 Å². The van der Waals surface area contributed by atoms with Gasteiger partial charge < -0.3 is 4.74 Å². The molecule has 2 aromatic carbocycles. The standard InChI is InChI=1S/C13H11FOS/c1-10-4-2-3-5-13(10)15-11-6-8-12(16-14)9-7-11/h2-9H,1H3. The van der Waals surface area contributed by atoms with Crippen LogP contribution in [0, 0.1) is 6.92 Å². The van der Waals surface area contributed by atoms with E-state index in [9.17, 15) is 3.89 Å². The fraction of sp³-hybridized carbons (Fsp3) is 0.0769. The zero-order chi connectivity index (χ0) is 11.4. The lowest BCUT2D eigenvalue weighted by Crippen LogP contribution is -1.86. The first-order valence-corrected chi connectivity index (χ1v) is 5.63. The Bertz CT molecular complexity index is 468. The fourth-order valence-corrected chi connectivity index (χ4v) is 1.60. The zero-order valence-corrected chi connectivity index (χ0v) is 9.63. The number of halogens is 1. The van der Waals surface area contributed by atoms with Gasteiger partial charge in [0.2, 0.25) is 0 Å². The van der Waals surface area contributed by atoms with E-state index in [2.05, 4.69) is 0 Å². The summed E-state index contributed by atoms with van der Waals surface area (Å²) in [7, 11) is 0. The van der Waals surface area contributed by atoms with Crippen LogP contribution < -0.4 is 4.74 Å². The molecule has 3 heteroatoms. The number of para-hydroxylation sites is 1. The second-order valence-corrected chi connectivity index (χ2v) is 4.04. The van der Waals surface area contributed by atoms with Crippen LogP contribution in [0.3, 0.4) is 0 Å². The van der Waals surface area contributed by atoms with E-state index >= 15 is 0 Å². The molecule has 2 aromatic rings. The lowest BCUT2D eigenvalue weighted by molar-refractivity contribution is 0.478. The predicted octanol–water partition coefficient (Wildman–Crippen LogP) is 4.76. The van der Waals surface area contributed by atoms with Gasteiger partial charge in [0.25, 0.3) is 0 Å². The minimum absolute atomic E-state index is 0.231. The van der Waals surface area contributed by atoms with Crippen LogP contribution in [0.4, 0.5) is 3.89 Å². The van der Waals surface area contributed by atoms with Crippen LogP contribution >= 0.6 is 12.1 Å². The summed E-state index contributed by atoms with van der Waals surface area (Å²) in [5.41, 5.74) is 1.08. The molecule has 0 saturated carbocycles. The van der Waals surface area contributed by atoms with Gasteiger partial charge in [-0.3, -0.25) is 0 Å². The van der Waals surface area contributed by atoms with Crippen LogP contribution in [0.2, 0.25) is 0 Å². The average molecular weight is 234 g/mol. The van der Waals surface area contributed by atoms with Gasteiger partial charge in [-0.25, -0.2) is 0 Å². The summed E-state index contributed by atoms with van der Waals surface area (Å²) in [6.07, 6.45) is 0. The van der Waals surface area contributed by atoms with Crippen molar-refractivity contribution in [2.45, 2.75) is 11.8 Å². The first-order valence-electron chi connectivity index (χ1n) is 4.92. The number of rotatable bonds is 3. The Morgan fingerprint density at radius 3 is 2.31 bits per heavy atom. The SMILES string of the molecule is Cc1ccccc1Oc1ccc(SF)cc1. The largest absolute Gasteiger partial charge is 0.457 e. The molecule has 0 aliphatic rings.